The standard InChI is InChI=1S/C21H24N2OS/c24-21(22-18-14-16-10-12-23(15-18)13-11-16)17-6-8-20(9-7-17)25-19-4-2-1-3-5-19/h1-9,16,18H,10-15H2,(H,22,24). The van der Waals surface area contributed by atoms with Gasteiger partial charge in [0.2, 0.25) is 0 Å². The van der Waals surface area contributed by atoms with Crippen LogP contribution in [0.4, 0.5) is 0 Å². The molecule has 1 amide bonds. The highest BCUT2D eigenvalue weighted by molar-refractivity contribution is 7.99. The number of hydrogen-bond acceptors (Lipinski definition) is 3. The van der Waals surface area contributed by atoms with Crippen LogP contribution < -0.4 is 5.32 Å². The van der Waals surface area contributed by atoms with Crippen molar-refractivity contribution in [1.82, 2.24) is 10.2 Å². The van der Waals surface area contributed by atoms with Gasteiger partial charge in [-0.25, -0.2) is 0 Å². The fraction of sp³-hybridized carbons (Fsp3) is 0.381. The highest BCUT2D eigenvalue weighted by Gasteiger charge is 2.29. The highest BCUT2D eigenvalue weighted by Crippen LogP contribution is 2.28. The summed E-state index contributed by atoms with van der Waals surface area (Å²) in [5.74, 6) is 0.845. The van der Waals surface area contributed by atoms with Crippen LogP contribution in [0.25, 0.3) is 0 Å². The minimum absolute atomic E-state index is 0.0590. The first kappa shape index (κ1) is 16.7. The van der Waals surface area contributed by atoms with Crippen molar-refractivity contribution < 1.29 is 4.79 Å². The Balaban J connectivity index is 1.37. The van der Waals surface area contributed by atoms with Crippen molar-refractivity contribution in [3.63, 3.8) is 0 Å². The van der Waals surface area contributed by atoms with Crippen LogP contribution >= 0.6 is 11.8 Å². The maximum Gasteiger partial charge on any atom is 0.251 e. The molecule has 3 aliphatic rings. The van der Waals surface area contributed by atoms with Crippen LogP contribution in [0, 0.1) is 5.92 Å². The van der Waals surface area contributed by atoms with Crippen molar-refractivity contribution in [3.05, 3.63) is 60.2 Å². The van der Waals surface area contributed by atoms with E-state index in [4.69, 9.17) is 0 Å². The Morgan fingerprint density at radius 3 is 2.36 bits per heavy atom. The number of carbonyl (C=O) groups is 1. The molecule has 0 saturated carbocycles. The summed E-state index contributed by atoms with van der Waals surface area (Å²) < 4.78 is 0. The molecular weight excluding hydrogens is 328 g/mol. The van der Waals surface area contributed by atoms with Gasteiger partial charge in [-0.2, -0.15) is 0 Å². The third kappa shape index (κ3) is 4.25. The van der Waals surface area contributed by atoms with Crippen LogP contribution in [0.3, 0.4) is 0 Å². The van der Waals surface area contributed by atoms with Crippen molar-refractivity contribution in [2.75, 3.05) is 19.6 Å². The van der Waals surface area contributed by atoms with Gasteiger partial charge in [-0.05, 0) is 74.7 Å². The zero-order valence-electron chi connectivity index (χ0n) is 14.4. The predicted molar refractivity (Wildman–Crippen MR) is 102 cm³/mol. The largest absolute Gasteiger partial charge is 0.348 e. The Kier molecular flexibility index (Phi) is 5.09. The predicted octanol–water partition coefficient (Wildman–Crippen LogP) is 4.05. The van der Waals surface area contributed by atoms with Crippen LogP contribution in [0.2, 0.25) is 0 Å². The van der Waals surface area contributed by atoms with Crippen LogP contribution in [0.5, 0.6) is 0 Å². The molecule has 2 bridgehead atoms. The highest BCUT2D eigenvalue weighted by atomic mass is 32.2. The Bertz CT molecular complexity index is 694. The van der Waals surface area contributed by atoms with Gasteiger partial charge in [-0.15, -0.1) is 0 Å². The first-order chi connectivity index (χ1) is 12.3. The second-order valence-corrected chi connectivity index (χ2v) is 8.24. The number of nitrogens with zero attached hydrogens (tertiary/aromatic N) is 1. The molecule has 3 nitrogen and oxygen atoms in total. The quantitative estimate of drug-likeness (QED) is 0.901. The number of piperidine rings is 1. The fourth-order valence-corrected chi connectivity index (χ4v) is 4.70. The van der Waals surface area contributed by atoms with Gasteiger partial charge in [0.1, 0.15) is 0 Å². The molecular formula is C21H24N2OS. The third-order valence-electron chi connectivity index (χ3n) is 5.23. The molecule has 1 unspecified atom stereocenters. The Morgan fingerprint density at radius 2 is 1.64 bits per heavy atom. The zero-order chi connectivity index (χ0) is 17.1. The molecule has 4 heteroatoms. The molecule has 130 valence electrons. The Hall–Kier alpha value is -1.78. The van der Waals surface area contributed by atoms with Gasteiger partial charge in [0, 0.05) is 27.9 Å². The molecule has 3 heterocycles. The molecule has 2 aromatic rings. The number of rotatable bonds is 4. The second kappa shape index (κ2) is 7.63. The smallest absolute Gasteiger partial charge is 0.251 e. The summed E-state index contributed by atoms with van der Waals surface area (Å²) in [6, 6.07) is 18.5. The van der Waals surface area contributed by atoms with E-state index < -0.39 is 0 Å². The van der Waals surface area contributed by atoms with Crippen molar-refractivity contribution in [1.29, 1.82) is 0 Å². The summed E-state index contributed by atoms with van der Waals surface area (Å²) in [6.45, 7) is 3.40. The molecule has 0 spiro atoms. The first-order valence-corrected chi connectivity index (χ1v) is 9.94. The molecule has 0 radical (unpaired) electrons. The van der Waals surface area contributed by atoms with E-state index in [-0.39, 0.29) is 5.91 Å². The van der Waals surface area contributed by atoms with E-state index in [2.05, 4.69) is 22.3 Å². The minimum Gasteiger partial charge on any atom is -0.348 e. The summed E-state index contributed by atoms with van der Waals surface area (Å²) in [5, 5.41) is 3.26. The summed E-state index contributed by atoms with van der Waals surface area (Å²) in [6.07, 6.45) is 3.71. The van der Waals surface area contributed by atoms with E-state index in [0.717, 1.165) is 29.3 Å². The van der Waals surface area contributed by atoms with Crippen molar-refractivity contribution >= 4 is 17.7 Å². The summed E-state index contributed by atoms with van der Waals surface area (Å²) in [5.41, 5.74) is 0.754. The van der Waals surface area contributed by atoms with Gasteiger partial charge in [0.05, 0.1) is 0 Å². The number of nitrogens with one attached hydrogen (secondary N) is 1. The van der Waals surface area contributed by atoms with Crippen molar-refractivity contribution in [3.8, 4) is 0 Å². The number of hydrogen-bond donors (Lipinski definition) is 1. The lowest BCUT2D eigenvalue weighted by Crippen LogP contribution is -2.41. The average molecular weight is 353 g/mol. The second-order valence-electron chi connectivity index (χ2n) is 7.09. The van der Waals surface area contributed by atoms with Crippen molar-refractivity contribution in [2.45, 2.75) is 35.1 Å². The fourth-order valence-electron chi connectivity index (χ4n) is 3.87. The zero-order valence-corrected chi connectivity index (χ0v) is 15.2. The molecule has 1 N–H and O–H groups in total. The maximum atomic E-state index is 12.6. The average Bonchev–Trinajstić information content (AvgIpc) is 2.95. The van der Waals surface area contributed by atoms with E-state index in [0.29, 0.717) is 6.04 Å². The summed E-state index contributed by atoms with van der Waals surface area (Å²) in [7, 11) is 0. The van der Waals surface area contributed by atoms with Gasteiger partial charge in [0.25, 0.3) is 5.91 Å². The van der Waals surface area contributed by atoms with E-state index in [1.807, 2.05) is 42.5 Å². The maximum absolute atomic E-state index is 12.6. The molecule has 0 aliphatic carbocycles. The summed E-state index contributed by atoms with van der Waals surface area (Å²) in [4.78, 5) is 17.5. The van der Waals surface area contributed by atoms with Gasteiger partial charge < -0.3 is 10.2 Å². The van der Waals surface area contributed by atoms with Gasteiger partial charge >= 0.3 is 0 Å². The van der Waals surface area contributed by atoms with Crippen LogP contribution in [0.1, 0.15) is 29.6 Å². The van der Waals surface area contributed by atoms with E-state index >= 15 is 0 Å². The SMILES string of the molecule is O=C(NC1CC2CCN(CC2)C1)c1ccc(Sc2ccccc2)cc1. The van der Waals surface area contributed by atoms with E-state index in [1.54, 1.807) is 11.8 Å². The van der Waals surface area contributed by atoms with Crippen molar-refractivity contribution in [2.24, 2.45) is 5.92 Å². The molecule has 3 fully saturated rings. The van der Waals surface area contributed by atoms with Crippen LogP contribution in [-0.4, -0.2) is 36.5 Å². The van der Waals surface area contributed by atoms with Crippen LogP contribution in [-0.2, 0) is 0 Å². The molecule has 3 saturated heterocycles. The lowest BCUT2D eigenvalue weighted by molar-refractivity contribution is 0.0928. The topological polar surface area (TPSA) is 32.3 Å². The van der Waals surface area contributed by atoms with E-state index in [9.17, 15) is 4.79 Å². The number of carbonyl (C=O) groups excluding carboxylic acids is 1. The molecule has 3 aliphatic heterocycles. The normalized spacial score (nSPS) is 25.4. The molecule has 1 atom stereocenters. The number of amides is 1. The molecule has 25 heavy (non-hydrogen) atoms. The van der Waals surface area contributed by atoms with Gasteiger partial charge in [-0.1, -0.05) is 30.0 Å². The van der Waals surface area contributed by atoms with E-state index in [1.165, 1.54) is 30.8 Å². The third-order valence-corrected chi connectivity index (χ3v) is 6.25. The summed E-state index contributed by atoms with van der Waals surface area (Å²) >= 11 is 1.72. The van der Waals surface area contributed by atoms with Crippen LogP contribution in [0.15, 0.2) is 64.4 Å². The Labute approximate surface area is 153 Å². The minimum atomic E-state index is 0.0590. The molecule has 0 aromatic heterocycles. The lowest BCUT2D eigenvalue weighted by atomic mass is 9.94. The first-order valence-electron chi connectivity index (χ1n) is 9.12. The number of benzene rings is 2. The molecule has 2 aromatic carbocycles. The van der Waals surface area contributed by atoms with Gasteiger partial charge in [-0.3, -0.25) is 4.79 Å². The number of fused-ring (bicyclic) bond motifs is 4. The Morgan fingerprint density at radius 1 is 0.960 bits per heavy atom. The molecule has 5 rings (SSSR count). The van der Waals surface area contributed by atoms with Gasteiger partial charge in [0.15, 0.2) is 0 Å². The lowest BCUT2D eigenvalue weighted by Gasteiger charge is -2.26. The monoisotopic (exact) mass is 352 g/mol.